The minimum atomic E-state index is -0.542. The molecule has 142 valence electrons. The van der Waals surface area contributed by atoms with Crippen molar-refractivity contribution in [3.05, 3.63) is 23.8 Å². The zero-order valence-electron chi connectivity index (χ0n) is 15.9. The van der Waals surface area contributed by atoms with Gasteiger partial charge in [0.2, 0.25) is 0 Å². The fraction of sp³-hybridized carbons (Fsp3) is 0.684. The average molecular weight is 352 g/mol. The number of hydrogen-bond acceptors (Lipinski definition) is 6. The first-order valence-electron chi connectivity index (χ1n) is 8.97. The smallest absolute Gasteiger partial charge is 0.161 e. The van der Waals surface area contributed by atoms with Gasteiger partial charge < -0.3 is 24.2 Å². The first-order valence-corrected chi connectivity index (χ1v) is 8.97. The summed E-state index contributed by atoms with van der Waals surface area (Å²) < 4.78 is 16.6. The van der Waals surface area contributed by atoms with Crippen LogP contribution in [-0.2, 0) is 11.3 Å². The van der Waals surface area contributed by atoms with Crippen molar-refractivity contribution in [3.63, 3.8) is 0 Å². The van der Waals surface area contributed by atoms with Gasteiger partial charge in [0.05, 0.1) is 20.3 Å². The molecule has 25 heavy (non-hydrogen) atoms. The fourth-order valence-electron chi connectivity index (χ4n) is 2.73. The van der Waals surface area contributed by atoms with Crippen LogP contribution in [-0.4, -0.2) is 80.7 Å². The molecule has 6 heteroatoms. The average Bonchev–Trinajstić information content (AvgIpc) is 2.61. The summed E-state index contributed by atoms with van der Waals surface area (Å²) in [6, 6.07) is 6.38. The van der Waals surface area contributed by atoms with Crippen LogP contribution >= 0.6 is 0 Å². The molecule has 1 N–H and O–H groups in total. The molecule has 1 atom stereocenters. The van der Waals surface area contributed by atoms with Gasteiger partial charge in [0.25, 0.3) is 0 Å². The Hall–Kier alpha value is -1.34. The summed E-state index contributed by atoms with van der Waals surface area (Å²) in [5, 5.41) is 10.2. The highest BCUT2D eigenvalue weighted by Crippen LogP contribution is 2.29. The molecule has 0 amide bonds. The lowest BCUT2D eigenvalue weighted by molar-refractivity contribution is 0.0341. The monoisotopic (exact) mass is 352 g/mol. The number of aliphatic hydroxyl groups excluding tert-OH is 1. The Morgan fingerprint density at radius 2 is 1.96 bits per heavy atom. The number of ether oxygens (including phenoxy) is 3. The maximum absolute atomic E-state index is 10.2. The first-order chi connectivity index (χ1) is 12.0. The molecule has 6 nitrogen and oxygen atoms in total. The Labute approximate surface area is 151 Å². The molecule has 1 aromatic rings. The van der Waals surface area contributed by atoms with E-state index in [0.717, 1.165) is 32.8 Å². The minimum absolute atomic E-state index is 0.244. The number of methoxy groups -OCH3 is 1. The molecule has 0 bridgehead atoms. The highest BCUT2D eigenvalue weighted by atomic mass is 16.5. The largest absolute Gasteiger partial charge is 0.493 e. The van der Waals surface area contributed by atoms with Crippen LogP contribution in [0.1, 0.15) is 19.4 Å². The van der Waals surface area contributed by atoms with E-state index in [1.54, 1.807) is 7.11 Å². The van der Waals surface area contributed by atoms with Crippen molar-refractivity contribution in [1.29, 1.82) is 0 Å². The topological polar surface area (TPSA) is 54.4 Å². The Balaban J connectivity index is 1.94. The molecule has 0 spiro atoms. The van der Waals surface area contributed by atoms with Gasteiger partial charge in [0.15, 0.2) is 11.5 Å². The van der Waals surface area contributed by atoms with Crippen molar-refractivity contribution < 1.29 is 19.3 Å². The van der Waals surface area contributed by atoms with Gasteiger partial charge in [0.1, 0.15) is 12.7 Å². The molecule has 0 aromatic heterocycles. The molecular formula is C19H32N2O4. The van der Waals surface area contributed by atoms with Gasteiger partial charge in [-0.2, -0.15) is 0 Å². The summed E-state index contributed by atoms with van der Waals surface area (Å²) in [7, 11) is 3.63. The standard InChI is InChI=1S/C19H32N2O4/c1-15(2)20(3)13-17(22)14-25-19-11-16(5-6-18(19)23-4)12-21-7-9-24-10-8-21/h5-6,11,15,17,22H,7-10,12-14H2,1-4H3. The van der Waals surface area contributed by atoms with Gasteiger partial charge >= 0.3 is 0 Å². The second-order valence-corrected chi connectivity index (χ2v) is 6.87. The second kappa shape index (κ2) is 9.97. The van der Waals surface area contributed by atoms with Crippen molar-refractivity contribution in [2.24, 2.45) is 0 Å². The quantitative estimate of drug-likeness (QED) is 0.729. The van der Waals surface area contributed by atoms with Crippen LogP contribution in [0.25, 0.3) is 0 Å². The molecule has 1 aliphatic heterocycles. The lowest BCUT2D eigenvalue weighted by Gasteiger charge is -2.27. The van der Waals surface area contributed by atoms with Crippen LogP contribution in [0.5, 0.6) is 11.5 Å². The number of nitrogens with zero attached hydrogens (tertiary/aromatic N) is 2. The van der Waals surface area contributed by atoms with Gasteiger partial charge in [-0.25, -0.2) is 0 Å². The maximum atomic E-state index is 10.2. The molecule has 1 saturated heterocycles. The van der Waals surface area contributed by atoms with E-state index in [0.29, 0.717) is 24.1 Å². The predicted molar refractivity (Wildman–Crippen MR) is 98.4 cm³/mol. The molecule has 1 aromatic carbocycles. The summed E-state index contributed by atoms with van der Waals surface area (Å²) in [6.45, 7) is 9.36. The van der Waals surface area contributed by atoms with Crippen LogP contribution in [0, 0.1) is 0 Å². The molecule has 0 radical (unpaired) electrons. The van der Waals surface area contributed by atoms with E-state index in [1.807, 2.05) is 19.2 Å². The lowest BCUT2D eigenvalue weighted by Crippen LogP contribution is -2.37. The second-order valence-electron chi connectivity index (χ2n) is 6.87. The lowest BCUT2D eigenvalue weighted by atomic mass is 10.2. The zero-order valence-corrected chi connectivity index (χ0v) is 15.9. The number of morpholine rings is 1. The van der Waals surface area contributed by atoms with E-state index >= 15 is 0 Å². The third kappa shape index (κ3) is 6.47. The van der Waals surface area contributed by atoms with E-state index in [2.05, 4.69) is 29.7 Å². The van der Waals surface area contributed by atoms with Crippen LogP contribution in [0.4, 0.5) is 0 Å². The highest BCUT2D eigenvalue weighted by molar-refractivity contribution is 5.43. The Bertz CT molecular complexity index is 518. The van der Waals surface area contributed by atoms with Crippen molar-refractivity contribution >= 4 is 0 Å². The van der Waals surface area contributed by atoms with Gasteiger partial charge in [-0.1, -0.05) is 6.07 Å². The number of benzene rings is 1. The van der Waals surface area contributed by atoms with E-state index in [-0.39, 0.29) is 6.61 Å². The first kappa shape index (κ1) is 20.0. The Kier molecular flexibility index (Phi) is 7.96. The number of rotatable bonds is 9. The molecule has 1 heterocycles. The predicted octanol–water partition coefficient (Wildman–Crippen LogP) is 1.61. The fourth-order valence-corrected chi connectivity index (χ4v) is 2.73. The summed E-state index contributed by atoms with van der Waals surface area (Å²) in [5.74, 6) is 1.37. The van der Waals surface area contributed by atoms with Gasteiger partial charge in [-0.3, -0.25) is 4.90 Å². The molecule has 0 aliphatic carbocycles. The Morgan fingerprint density at radius 1 is 1.24 bits per heavy atom. The number of hydrogen-bond donors (Lipinski definition) is 1. The van der Waals surface area contributed by atoms with E-state index in [1.165, 1.54) is 5.56 Å². The van der Waals surface area contributed by atoms with Gasteiger partial charge in [-0.05, 0) is 38.6 Å². The molecule has 1 unspecified atom stereocenters. The third-order valence-corrected chi connectivity index (χ3v) is 4.55. The summed E-state index contributed by atoms with van der Waals surface area (Å²) >= 11 is 0. The summed E-state index contributed by atoms with van der Waals surface area (Å²) in [4.78, 5) is 4.46. The maximum Gasteiger partial charge on any atom is 0.161 e. The van der Waals surface area contributed by atoms with Gasteiger partial charge in [-0.15, -0.1) is 0 Å². The molecule has 1 fully saturated rings. The Morgan fingerprint density at radius 3 is 2.60 bits per heavy atom. The van der Waals surface area contributed by atoms with Crippen molar-refractivity contribution in [2.75, 3.05) is 53.6 Å². The normalized spacial score (nSPS) is 17.1. The number of aliphatic hydroxyl groups is 1. The number of likely N-dealkylation sites (N-methyl/N-ethyl adjacent to an activating group) is 1. The molecule has 0 saturated carbocycles. The van der Waals surface area contributed by atoms with E-state index in [4.69, 9.17) is 14.2 Å². The van der Waals surface area contributed by atoms with Crippen molar-refractivity contribution in [1.82, 2.24) is 9.80 Å². The minimum Gasteiger partial charge on any atom is -0.493 e. The highest BCUT2D eigenvalue weighted by Gasteiger charge is 2.15. The van der Waals surface area contributed by atoms with Crippen molar-refractivity contribution in [2.45, 2.75) is 32.5 Å². The zero-order chi connectivity index (χ0) is 18.2. The van der Waals surface area contributed by atoms with E-state index < -0.39 is 6.10 Å². The van der Waals surface area contributed by atoms with Crippen LogP contribution in [0.3, 0.4) is 0 Å². The molecular weight excluding hydrogens is 320 g/mol. The molecule has 2 rings (SSSR count). The van der Waals surface area contributed by atoms with Crippen LogP contribution in [0.2, 0.25) is 0 Å². The molecule has 1 aliphatic rings. The SMILES string of the molecule is COc1ccc(CN2CCOCC2)cc1OCC(O)CN(C)C(C)C. The summed E-state index contributed by atoms with van der Waals surface area (Å²) in [6.07, 6.45) is -0.542. The summed E-state index contributed by atoms with van der Waals surface area (Å²) in [5.41, 5.74) is 1.17. The van der Waals surface area contributed by atoms with Crippen LogP contribution < -0.4 is 9.47 Å². The van der Waals surface area contributed by atoms with Crippen LogP contribution in [0.15, 0.2) is 18.2 Å². The third-order valence-electron chi connectivity index (χ3n) is 4.55. The van der Waals surface area contributed by atoms with Crippen molar-refractivity contribution in [3.8, 4) is 11.5 Å². The van der Waals surface area contributed by atoms with E-state index in [9.17, 15) is 5.11 Å². The van der Waals surface area contributed by atoms with Gasteiger partial charge in [0, 0.05) is 32.2 Å².